The minimum atomic E-state index is -0.240. The fourth-order valence-corrected chi connectivity index (χ4v) is 3.05. The van der Waals surface area contributed by atoms with Gasteiger partial charge in [-0.25, -0.2) is 0 Å². The maximum atomic E-state index is 12.6. The molecule has 0 aromatic rings. The molecule has 0 aromatic heterocycles. The molecule has 5 unspecified atom stereocenters. The Labute approximate surface area is 115 Å². The summed E-state index contributed by atoms with van der Waals surface area (Å²) in [4.78, 5) is 14.5. The molecule has 1 saturated heterocycles. The van der Waals surface area contributed by atoms with E-state index in [0.717, 1.165) is 19.3 Å². The van der Waals surface area contributed by atoms with Crippen molar-refractivity contribution in [2.45, 2.75) is 51.3 Å². The van der Waals surface area contributed by atoms with E-state index in [1.807, 2.05) is 11.8 Å². The van der Waals surface area contributed by atoms with Gasteiger partial charge in [-0.15, -0.1) is 0 Å². The van der Waals surface area contributed by atoms with Gasteiger partial charge in [0.2, 0.25) is 5.91 Å². The van der Waals surface area contributed by atoms with Crippen LogP contribution in [0.1, 0.15) is 33.1 Å². The number of nitrogens with zero attached hydrogens (tertiary/aromatic N) is 1. The van der Waals surface area contributed by atoms with Gasteiger partial charge in [0.05, 0.1) is 25.4 Å². The first-order chi connectivity index (χ1) is 9.02. The number of ether oxygens (including phenoxy) is 1. The van der Waals surface area contributed by atoms with E-state index in [1.165, 1.54) is 0 Å². The van der Waals surface area contributed by atoms with Crippen LogP contribution in [0.2, 0.25) is 0 Å². The molecular weight excluding hydrogens is 244 g/mol. The lowest BCUT2D eigenvalue weighted by Crippen LogP contribution is -2.54. The fraction of sp³-hybridized carbons (Fsp3) is 0.929. The summed E-state index contributed by atoms with van der Waals surface area (Å²) in [6.45, 7) is 5.13. The highest BCUT2D eigenvalue weighted by atomic mass is 16.5. The van der Waals surface area contributed by atoms with Crippen LogP contribution in [0.4, 0.5) is 0 Å². The molecule has 2 rings (SSSR count). The Kier molecular flexibility index (Phi) is 4.81. The van der Waals surface area contributed by atoms with Gasteiger partial charge in [0.1, 0.15) is 0 Å². The van der Waals surface area contributed by atoms with Crippen molar-refractivity contribution < 1.29 is 14.6 Å². The third-order valence-electron chi connectivity index (χ3n) is 4.60. The molecule has 1 aliphatic heterocycles. The molecule has 3 N–H and O–H groups in total. The van der Waals surface area contributed by atoms with E-state index in [4.69, 9.17) is 10.5 Å². The van der Waals surface area contributed by atoms with Crippen molar-refractivity contribution in [3.8, 4) is 0 Å². The predicted molar refractivity (Wildman–Crippen MR) is 72.5 cm³/mol. The highest BCUT2D eigenvalue weighted by Gasteiger charge is 2.36. The topological polar surface area (TPSA) is 75.8 Å². The molecular formula is C14H26N2O3. The smallest absolute Gasteiger partial charge is 0.226 e. The quantitative estimate of drug-likeness (QED) is 0.759. The third-order valence-corrected chi connectivity index (χ3v) is 4.60. The molecule has 0 aromatic carbocycles. The second-order valence-corrected chi connectivity index (χ2v) is 6.13. The summed E-state index contributed by atoms with van der Waals surface area (Å²) in [5.74, 6) is 0.749. The average molecular weight is 270 g/mol. The molecule has 5 atom stereocenters. The first-order valence-electron chi connectivity index (χ1n) is 7.31. The van der Waals surface area contributed by atoms with Crippen molar-refractivity contribution in [3.05, 3.63) is 0 Å². The first kappa shape index (κ1) is 14.8. The second-order valence-electron chi connectivity index (χ2n) is 6.13. The average Bonchev–Trinajstić information content (AvgIpc) is 2.41. The number of carbonyl (C=O) groups is 1. The Morgan fingerprint density at radius 1 is 1.42 bits per heavy atom. The number of aliphatic hydroxyl groups is 1. The molecule has 0 radical (unpaired) electrons. The Morgan fingerprint density at radius 3 is 2.79 bits per heavy atom. The minimum Gasteiger partial charge on any atom is -0.394 e. The minimum absolute atomic E-state index is 0.0300. The van der Waals surface area contributed by atoms with Gasteiger partial charge in [0, 0.05) is 18.5 Å². The van der Waals surface area contributed by atoms with Gasteiger partial charge in [-0.2, -0.15) is 0 Å². The van der Waals surface area contributed by atoms with Gasteiger partial charge < -0.3 is 20.5 Å². The molecule has 1 amide bonds. The Balaban J connectivity index is 1.98. The monoisotopic (exact) mass is 270 g/mol. The normalized spacial score (nSPS) is 40.2. The first-order valence-corrected chi connectivity index (χ1v) is 7.31. The number of amides is 1. The zero-order valence-electron chi connectivity index (χ0n) is 11.9. The molecule has 1 saturated carbocycles. The number of hydrogen-bond donors (Lipinski definition) is 2. The zero-order valence-corrected chi connectivity index (χ0v) is 11.9. The van der Waals surface area contributed by atoms with E-state index in [1.54, 1.807) is 0 Å². The summed E-state index contributed by atoms with van der Waals surface area (Å²) in [5, 5.41) is 9.18. The van der Waals surface area contributed by atoms with Crippen molar-refractivity contribution >= 4 is 5.91 Å². The molecule has 1 heterocycles. The summed E-state index contributed by atoms with van der Waals surface area (Å²) >= 11 is 0. The molecule has 2 aliphatic rings. The van der Waals surface area contributed by atoms with Crippen LogP contribution in [0.25, 0.3) is 0 Å². The van der Waals surface area contributed by atoms with E-state index in [0.29, 0.717) is 19.1 Å². The van der Waals surface area contributed by atoms with Crippen molar-refractivity contribution in [2.75, 3.05) is 19.8 Å². The molecule has 110 valence electrons. The molecule has 2 fully saturated rings. The molecule has 1 aliphatic carbocycles. The van der Waals surface area contributed by atoms with Crippen LogP contribution in [0.15, 0.2) is 0 Å². The third kappa shape index (κ3) is 3.27. The lowest BCUT2D eigenvalue weighted by Gasteiger charge is -2.41. The van der Waals surface area contributed by atoms with Gasteiger partial charge in [-0.1, -0.05) is 6.92 Å². The van der Waals surface area contributed by atoms with Crippen molar-refractivity contribution in [3.63, 3.8) is 0 Å². The van der Waals surface area contributed by atoms with Crippen LogP contribution in [-0.2, 0) is 9.53 Å². The lowest BCUT2D eigenvalue weighted by atomic mass is 9.79. The van der Waals surface area contributed by atoms with Crippen LogP contribution < -0.4 is 5.73 Å². The summed E-state index contributed by atoms with van der Waals surface area (Å²) in [6.07, 6.45) is 2.51. The lowest BCUT2D eigenvalue weighted by molar-refractivity contribution is -0.151. The van der Waals surface area contributed by atoms with Gasteiger partial charge in [0.15, 0.2) is 0 Å². The van der Waals surface area contributed by atoms with E-state index in [9.17, 15) is 9.90 Å². The number of hydrogen-bond acceptors (Lipinski definition) is 4. The SMILES string of the molecule is CC1CCC(C(=O)N2CC(CO)OCC2C)CC1N. The number of morpholine rings is 1. The van der Waals surface area contributed by atoms with Gasteiger partial charge in [-0.05, 0) is 32.1 Å². The summed E-state index contributed by atoms with van der Waals surface area (Å²) < 4.78 is 5.48. The Bertz CT molecular complexity index is 324. The largest absolute Gasteiger partial charge is 0.394 e. The Morgan fingerprint density at radius 2 is 2.16 bits per heavy atom. The summed E-state index contributed by atoms with van der Waals surface area (Å²) in [6, 6.07) is 0.221. The highest BCUT2D eigenvalue weighted by Crippen LogP contribution is 2.30. The molecule has 5 heteroatoms. The van der Waals surface area contributed by atoms with Crippen LogP contribution in [-0.4, -0.2) is 53.9 Å². The highest BCUT2D eigenvalue weighted by molar-refractivity contribution is 5.79. The van der Waals surface area contributed by atoms with E-state index in [2.05, 4.69) is 6.92 Å². The molecule has 5 nitrogen and oxygen atoms in total. The van der Waals surface area contributed by atoms with Gasteiger partial charge >= 0.3 is 0 Å². The van der Waals surface area contributed by atoms with E-state index >= 15 is 0 Å². The van der Waals surface area contributed by atoms with E-state index in [-0.39, 0.29) is 36.6 Å². The number of carbonyl (C=O) groups excluding carboxylic acids is 1. The van der Waals surface area contributed by atoms with Crippen molar-refractivity contribution in [1.82, 2.24) is 4.90 Å². The van der Waals surface area contributed by atoms with E-state index < -0.39 is 0 Å². The molecule has 19 heavy (non-hydrogen) atoms. The van der Waals surface area contributed by atoms with Crippen LogP contribution in [0, 0.1) is 11.8 Å². The maximum Gasteiger partial charge on any atom is 0.226 e. The standard InChI is InChI=1S/C14H26N2O3/c1-9-3-4-11(5-13(9)15)14(18)16-6-12(7-17)19-8-10(16)2/h9-13,17H,3-8,15H2,1-2H3. The number of rotatable bonds is 2. The molecule has 0 spiro atoms. The summed E-state index contributed by atoms with van der Waals surface area (Å²) in [5.41, 5.74) is 6.09. The molecule has 0 bridgehead atoms. The fourth-order valence-electron chi connectivity index (χ4n) is 3.05. The summed E-state index contributed by atoms with van der Waals surface area (Å²) in [7, 11) is 0. The van der Waals surface area contributed by atoms with Gasteiger partial charge in [-0.3, -0.25) is 4.79 Å². The second kappa shape index (κ2) is 6.20. The van der Waals surface area contributed by atoms with Gasteiger partial charge in [0.25, 0.3) is 0 Å². The van der Waals surface area contributed by atoms with Crippen molar-refractivity contribution in [1.29, 1.82) is 0 Å². The maximum absolute atomic E-state index is 12.6. The predicted octanol–water partition coefficient (Wildman–Crippen LogP) is 0.358. The number of nitrogens with two attached hydrogens (primary N) is 1. The van der Waals surface area contributed by atoms with Crippen LogP contribution >= 0.6 is 0 Å². The zero-order chi connectivity index (χ0) is 14.0. The van der Waals surface area contributed by atoms with Crippen LogP contribution in [0.5, 0.6) is 0 Å². The van der Waals surface area contributed by atoms with Crippen molar-refractivity contribution in [2.24, 2.45) is 17.6 Å². The van der Waals surface area contributed by atoms with Crippen LogP contribution in [0.3, 0.4) is 0 Å². The Hall–Kier alpha value is -0.650. The number of aliphatic hydroxyl groups excluding tert-OH is 1.